The predicted molar refractivity (Wildman–Crippen MR) is 59.2 cm³/mol. The van der Waals surface area contributed by atoms with Gasteiger partial charge in [0.15, 0.2) is 0 Å². The molecule has 0 aromatic carbocycles. The monoisotopic (exact) mass is 356 g/mol. The Labute approximate surface area is 132 Å². The molecule has 0 aliphatic heterocycles. The van der Waals surface area contributed by atoms with Gasteiger partial charge >= 0.3 is 17.1 Å². The molecule has 0 saturated carbocycles. The maximum absolute atomic E-state index is 10.1. The Bertz CT molecular complexity index is 337. The van der Waals surface area contributed by atoms with Gasteiger partial charge in [-0.05, 0) is 0 Å². The van der Waals surface area contributed by atoms with Crippen LogP contribution in [0.15, 0.2) is 0 Å². The van der Waals surface area contributed by atoms with Crippen LogP contribution in [0.4, 0.5) is 0 Å². The Morgan fingerprint density at radius 1 is 1.00 bits per heavy atom. The van der Waals surface area contributed by atoms with E-state index in [-0.39, 0.29) is 23.7 Å². The molecular weight excluding hydrogens is 338 g/mol. The molecule has 0 aromatic rings. The van der Waals surface area contributed by atoms with Gasteiger partial charge in [-0.1, -0.05) is 0 Å². The molecule has 0 radical (unpaired) electrons. The van der Waals surface area contributed by atoms with Crippen molar-refractivity contribution in [3.05, 3.63) is 0 Å². The average molecular weight is 357 g/mol. The molecular formula is C11H19CuNO8-. The summed E-state index contributed by atoms with van der Waals surface area (Å²) in [4.78, 5) is 30.0. The van der Waals surface area contributed by atoms with Gasteiger partial charge in [-0.3, -0.25) is 0 Å². The fourth-order valence-electron chi connectivity index (χ4n) is 0.984. The second-order valence-electron chi connectivity index (χ2n) is 5.15. The van der Waals surface area contributed by atoms with Gasteiger partial charge in [0.1, 0.15) is 12.1 Å². The van der Waals surface area contributed by atoms with Crippen LogP contribution in [0.3, 0.4) is 0 Å². The van der Waals surface area contributed by atoms with E-state index < -0.39 is 36.4 Å². The molecule has 0 bridgehead atoms. The maximum Gasteiger partial charge on any atom is 1.00 e. The van der Waals surface area contributed by atoms with Crippen LogP contribution in [0.1, 0.15) is 12.8 Å². The minimum atomic E-state index is -2.97. The molecule has 0 saturated heterocycles. The number of quaternary nitrogens is 1. The number of nitrogens with zero attached hydrogens (tertiary/aromatic N) is 1. The topological polar surface area (TPSA) is 161 Å². The molecule has 0 unspecified atom stereocenters. The molecule has 9 nitrogen and oxygen atoms in total. The number of hydrogen-bond acceptors (Lipinski definition) is 8. The molecule has 10 heteroatoms. The van der Waals surface area contributed by atoms with Gasteiger partial charge in [0.05, 0.1) is 33.7 Å². The summed E-state index contributed by atoms with van der Waals surface area (Å²) in [7, 11) is 6.16. The largest absolute Gasteiger partial charge is 1.00 e. The third kappa shape index (κ3) is 15.0. The first kappa shape index (κ1) is 24.8. The minimum absolute atomic E-state index is 0. The van der Waals surface area contributed by atoms with E-state index in [1.165, 1.54) is 0 Å². The van der Waals surface area contributed by atoms with Gasteiger partial charge in [0.25, 0.3) is 0 Å². The number of carbonyl (C=O) groups is 3. The second kappa shape index (κ2) is 10.5. The van der Waals surface area contributed by atoms with Crippen LogP contribution in [-0.2, 0) is 31.5 Å². The summed E-state index contributed by atoms with van der Waals surface area (Å²) in [6, 6.07) is 0. The molecule has 128 valence electrons. The third-order valence-electron chi connectivity index (χ3n) is 2.02. The quantitative estimate of drug-likeness (QED) is 0.337. The first-order chi connectivity index (χ1) is 8.84. The van der Waals surface area contributed by atoms with Gasteiger partial charge in [-0.15, -0.1) is 0 Å². The van der Waals surface area contributed by atoms with Crippen LogP contribution in [0, 0.1) is 0 Å². The van der Waals surface area contributed by atoms with Crippen molar-refractivity contribution in [2.45, 2.75) is 18.4 Å². The minimum Gasteiger partial charge on any atom is -0.550 e. The Morgan fingerprint density at radius 2 is 1.33 bits per heavy atom. The van der Waals surface area contributed by atoms with Crippen LogP contribution < -0.4 is 15.3 Å². The number of aliphatic carboxylic acids is 3. The Balaban J connectivity index is -0.000000347. The smallest absolute Gasteiger partial charge is 0.550 e. The fraction of sp³-hybridized carbons (Fsp3) is 0.727. The molecule has 0 spiro atoms. The SMILES string of the molecule is C[N+](C)(C)CCO.O=C([O-])CC(O)(CC(=O)[O-])C(=O)[O-].[Cu+]. The Kier molecular flexibility index (Phi) is 12.4. The zero-order chi connectivity index (χ0) is 16.6. The first-order valence-corrected chi connectivity index (χ1v) is 5.59. The zero-order valence-corrected chi connectivity index (χ0v) is 12.9. The number of aliphatic hydroxyl groups excluding tert-OH is 1. The molecule has 0 fully saturated rings. The zero-order valence-electron chi connectivity index (χ0n) is 11.9. The first-order valence-electron chi connectivity index (χ1n) is 5.59. The number of likely N-dealkylation sites (N-methyl/N-ethyl adjacent to an activating group) is 1. The number of carboxylic acid groups (broad SMARTS) is 3. The van der Waals surface area contributed by atoms with Crippen molar-refractivity contribution in [3.63, 3.8) is 0 Å². The van der Waals surface area contributed by atoms with E-state index in [0.717, 1.165) is 11.0 Å². The molecule has 0 aliphatic rings. The summed E-state index contributed by atoms with van der Waals surface area (Å²) in [5.41, 5.74) is -2.97. The van der Waals surface area contributed by atoms with E-state index in [4.69, 9.17) is 10.2 Å². The van der Waals surface area contributed by atoms with Crippen molar-refractivity contribution in [2.24, 2.45) is 0 Å². The summed E-state index contributed by atoms with van der Waals surface area (Å²) in [6.45, 7) is 1.11. The van der Waals surface area contributed by atoms with Crippen molar-refractivity contribution in [1.82, 2.24) is 0 Å². The summed E-state index contributed by atoms with van der Waals surface area (Å²) in [6.07, 6.45) is -2.72. The molecule has 0 aliphatic carbocycles. The number of carbonyl (C=O) groups excluding carboxylic acids is 3. The van der Waals surface area contributed by atoms with Gasteiger partial charge in [-0.2, -0.15) is 0 Å². The number of carboxylic acids is 3. The van der Waals surface area contributed by atoms with Crippen LogP contribution in [0.5, 0.6) is 0 Å². The fourth-order valence-corrected chi connectivity index (χ4v) is 0.984. The molecule has 0 aromatic heterocycles. The summed E-state index contributed by atoms with van der Waals surface area (Å²) >= 11 is 0. The van der Waals surface area contributed by atoms with Gasteiger partial charge in [0.2, 0.25) is 0 Å². The molecule has 0 amide bonds. The van der Waals surface area contributed by atoms with Crippen molar-refractivity contribution in [1.29, 1.82) is 0 Å². The number of aliphatic hydroxyl groups is 2. The van der Waals surface area contributed by atoms with Gasteiger partial charge in [-0.25, -0.2) is 0 Å². The number of hydrogen-bond donors (Lipinski definition) is 2. The van der Waals surface area contributed by atoms with Crippen LogP contribution >= 0.6 is 0 Å². The second-order valence-corrected chi connectivity index (χ2v) is 5.15. The average Bonchev–Trinajstić information content (AvgIpc) is 2.12. The Morgan fingerprint density at radius 3 is 1.43 bits per heavy atom. The third-order valence-corrected chi connectivity index (χ3v) is 2.02. The normalized spacial score (nSPS) is 10.7. The summed E-state index contributed by atoms with van der Waals surface area (Å²) in [5.74, 6) is -5.98. The Hall–Kier alpha value is -1.19. The van der Waals surface area contributed by atoms with Gasteiger partial charge in [0, 0.05) is 24.8 Å². The van der Waals surface area contributed by atoms with E-state index in [9.17, 15) is 29.7 Å². The summed E-state index contributed by atoms with van der Waals surface area (Å²) < 4.78 is 0.844. The van der Waals surface area contributed by atoms with E-state index in [2.05, 4.69) is 21.1 Å². The molecule has 0 heterocycles. The van der Waals surface area contributed by atoms with Crippen LogP contribution in [-0.4, -0.2) is 72.5 Å². The predicted octanol–water partition coefficient (Wildman–Crippen LogP) is -5.57. The van der Waals surface area contributed by atoms with Crippen molar-refractivity contribution < 1.29 is 61.5 Å². The molecule has 0 atom stereocenters. The van der Waals surface area contributed by atoms with Crippen molar-refractivity contribution in [3.8, 4) is 0 Å². The van der Waals surface area contributed by atoms with Crippen molar-refractivity contribution >= 4 is 17.9 Å². The van der Waals surface area contributed by atoms with E-state index in [1.807, 2.05) is 0 Å². The molecule has 21 heavy (non-hydrogen) atoms. The number of rotatable bonds is 7. The van der Waals surface area contributed by atoms with Crippen LogP contribution in [0.25, 0.3) is 0 Å². The van der Waals surface area contributed by atoms with E-state index in [1.54, 1.807) is 0 Å². The summed E-state index contributed by atoms with van der Waals surface area (Å²) in [5, 5.41) is 47.3. The maximum atomic E-state index is 10.1. The molecule has 2 N–H and O–H groups in total. The van der Waals surface area contributed by atoms with E-state index >= 15 is 0 Å². The van der Waals surface area contributed by atoms with E-state index in [0.29, 0.717) is 0 Å². The van der Waals surface area contributed by atoms with Gasteiger partial charge < -0.3 is 44.4 Å². The van der Waals surface area contributed by atoms with Crippen molar-refractivity contribution in [2.75, 3.05) is 34.3 Å². The molecule has 0 rings (SSSR count). The van der Waals surface area contributed by atoms with Crippen LogP contribution in [0.2, 0.25) is 0 Å². The standard InChI is InChI=1S/C6H8O7.C5H14NO.Cu/c7-3(8)1-6(13,5(11)12)2-4(9)10;1-6(2,3)4-5-7;/h13H,1-2H2,(H,7,8)(H,9,10)(H,11,12);7H,4-5H2,1-3H3;/q;2*+1/p-3.